The molecule has 2 amide bonds. The molecule has 0 spiro atoms. The molecule has 0 saturated heterocycles. The fourth-order valence-electron chi connectivity index (χ4n) is 3.51. The van der Waals surface area contributed by atoms with Gasteiger partial charge in [0, 0.05) is 12.5 Å². The van der Waals surface area contributed by atoms with Crippen LogP contribution in [0.2, 0.25) is 0 Å². The van der Waals surface area contributed by atoms with Crippen LogP contribution < -0.4 is 10.6 Å². The molecule has 138 valence electrons. The number of amides is 2. The van der Waals surface area contributed by atoms with Crippen molar-refractivity contribution in [2.24, 2.45) is 5.92 Å². The fraction of sp³-hybridized carbons (Fsp3) is 0.429. The number of carbonyl (C=O) groups excluding carboxylic acids is 2. The van der Waals surface area contributed by atoms with Crippen molar-refractivity contribution in [2.45, 2.75) is 51.1 Å². The summed E-state index contributed by atoms with van der Waals surface area (Å²) in [7, 11) is 0. The van der Waals surface area contributed by atoms with Gasteiger partial charge in [0.2, 0.25) is 5.91 Å². The van der Waals surface area contributed by atoms with E-state index in [1.807, 2.05) is 41.8 Å². The number of nitrogens with one attached hydrogen (secondary N) is 2. The first-order valence-corrected chi connectivity index (χ1v) is 10.2. The molecule has 1 aliphatic rings. The van der Waals surface area contributed by atoms with Crippen molar-refractivity contribution in [3.63, 3.8) is 0 Å². The van der Waals surface area contributed by atoms with Gasteiger partial charge in [-0.2, -0.15) is 0 Å². The third-order valence-corrected chi connectivity index (χ3v) is 5.96. The maximum absolute atomic E-state index is 12.9. The van der Waals surface area contributed by atoms with E-state index in [9.17, 15) is 9.59 Å². The van der Waals surface area contributed by atoms with Crippen LogP contribution in [0.5, 0.6) is 0 Å². The van der Waals surface area contributed by atoms with Crippen molar-refractivity contribution >= 4 is 23.2 Å². The quantitative estimate of drug-likeness (QED) is 0.813. The molecule has 3 rings (SSSR count). The normalized spacial score (nSPS) is 21.0. The SMILES string of the molecule is CC1CCCCC1NC(=O)C(Cc1ccccc1)NC(=O)c1cccs1. The molecule has 1 fully saturated rings. The number of benzene rings is 1. The van der Waals surface area contributed by atoms with Crippen molar-refractivity contribution in [2.75, 3.05) is 0 Å². The third-order valence-electron chi connectivity index (χ3n) is 5.09. The highest BCUT2D eigenvalue weighted by Crippen LogP contribution is 2.24. The summed E-state index contributed by atoms with van der Waals surface area (Å²) in [6.07, 6.45) is 5.04. The van der Waals surface area contributed by atoms with Crippen LogP contribution in [0.25, 0.3) is 0 Å². The predicted octanol–water partition coefficient (Wildman–Crippen LogP) is 3.78. The smallest absolute Gasteiger partial charge is 0.262 e. The predicted molar refractivity (Wildman–Crippen MR) is 105 cm³/mol. The molecule has 4 nitrogen and oxygen atoms in total. The highest BCUT2D eigenvalue weighted by molar-refractivity contribution is 7.12. The van der Waals surface area contributed by atoms with E-state index in [1.54, 1.807) is 6.07 Å². The summed E-state index contributed by atoms with van der Waals surface area (Å²) >= 11 is 1.38. The van der Waals surface area contributed by atoms with Gasteiger partial charge in [-0.05, 0) is 35.8 Å². The van der Waals surface area contributed by atoms with Crippen molar-refractivity contribution in [1.29, 1.82) is 0 Å². The van der Waals surface area contributed by atoms with Crippen LogP contribution in [0, 0.1) is 5.92 Å². The van der Waals surface area contributed by atoms with E-state index in [0.29, 0.717) is 17.2 Å². The minimum absolute atomic E-state index is 0.0856. The summed E-state index contributed by atoms with van der Waals surface area (Å²) < 4.78 is 0. The Labute approximate surface area is 159 Å². The summed E-state index contributed by atoms with van der Waals surface area (Å²) in [6, 6.07) is 13.1. The Bertz CT molecular complexity index is 715. The number of hydrogen-bond acceptors (Lipinski definition) is 3. The second-order valence-electron chi connectivity index (χ2n) is 7.07. The molecular formula is C21H26N2O2S. The number of rotatable bonds is 6. The lowest BCUT2D eigenvalue weighted by atomic mass is 9.85. The van der Waals surface area contributed by atoms with Gasteiger partial charge in [-0.15, -0.1) is 11.3 Å². The molecule has 1 heterocycles. The molecule has 1 aliphatic carbocycles. The van der Waals surface area contributed by atoms with E-state index < -0.39 is 6.04 Å². The van der Waals surface area contributed by atoms with E-state index >= 15 is 0 Å². The Kier molecular flexibility index (Phi) is 6.45. The van der Waals surface area contributed by atoms with Gasteiger partial charge in [-0.1, -0.05) is 56.2 Å². The lowest BCUT2D eigenvalue weighted by Crippen LogP contribution is -2.52. The minimum atomic E-state index is -0.568. The van der Waals surface area contributed by atoms with Gasteiger partial charge in [-0.3, -0.25) is 9.59 Å². The van der Waals surface area contributed by atoms with Crippen LogP contribution in [-0.2, 0) is 11.2 Å². The molecule has 1 saturated carbocycles. The Balaban J connectivity index is 1.70. The molecular weight excluding hydrogens is 344 g/mol. The van der Waals surface area contributed by atoms with Gasteiger partial charge in [0.15, 0.2) is 0 Å². The van der Waals surface area contributed by atoms with E-state index in [1.165, 1.54) is 17.8 Å². The summed E-state index contributed by atoms with van der Waals surface area (Å²) in [6.45, 7) is 2.19. The molecule has 0 aliphatic heterocycles. The second-order valence-corrected chi connectivity index (χ2v) is 8.02. The molecule has 1 aromatic carbocycles. The van der Waals surface area contributed by atoms with Crippen molar-refractivity contribution in [1.82, 2.24) is 10.6 Å². The molecule has 2 N–H and O–H groups in total. The van der Waals surface area contributed by atoms with Crippen LogP contribution in [0.3, 0.4) is 0 Å². The highest BCUT2D eigenvalue weighted by Gasteiger charge is 2.28. The van der Waals surface area contributed by atoms with Gasteiger partial charge in [0.05, 0.1) is 4.88 Å². The van der Waals surface area contributed by atoms with Gasteiger partial charge >= 0.3 is 0 Å². The van der Waals surface area contributed by atoms with Gasteiger partial charge in [0.1, 0.15) is 6.04 Å². The molecule has 2 aromatic rings. The summed E-state index contributed by atoms with van der Waals surface area (Å²) in [5.74, 6) is 0.211. The second kappa shape index (κ2) is 8.99. The van der Waals surface area contributed by atoms with Crippen LogP contribution in [0.1, 0.15) is 47.8 Å². The largest absolute Gasteiger partial charge is 0.351 e. The monoisotopic (exact) mass is 370 g/mol. The first-order chi connectivity index (χ1) is 12.6. The maximum Gasteiger partial charge on any atom is 0.262 e. The van der Waals surface area contributed by atoms with Gasteiger partial charge < -0.3 is 10.6 Å². The van der Waals surface area contributed by atoms with E-state index in [2.05, 4.69) is 17.6 Å². The molecule has 0 bridgehead atoms. The number of carbonyl (C=O) groups is 2. The summed E-state index contributed by atoms with van der Waals surface area (Å²) in [5, 5.41) is 7.99. The lowest BCUT2D eigenvalue weighted by molar-refractivity contribution is -0.124. The van der Waals surface area contributed by atoms with Gasteiger partial charge in [0.25, 0.3) is 5.91 Å². The van der Waals surface area contributed by atoms with Crippen molar-refractivity contribution in [3.05, 3.63) is 58.3 Å². The van der Waals surface area contributed by atoms with Gasteiger partial charge in [-0.25, -0.2) is 0 Å². The highest BCUT2D eigenvalue weighted by atomic mass is 32.1. The van der Waals surface area contributed by atoms with Crippen molar-refractivity contribution < 1.29 is 9.59 Å². The Morgan fingerprint density at radius 3 is 2.58 bits per heavy atom. The Hall–Kier alpha value is -2.14. The zero-order chi connectivity index (χ0) is 18.4. The number of hydrogen-bond donors (Lipinski definition) is 2. The number of thiophene rings is 1. The van der Waals surface area contributed by atoms with E-state index in [0.717, 1.165) is 24.8 Å². The molecule has 3 unspecified atom stereocenters. The first kappa shape index (κ1) is 18.6. The lowest BCUT2D eigenvalue weighted by Gasteiger charge is -2.31. The van der Waals surface area contributed by atoms with Crippen LogP contribution >= 0.6 is 11.3 Å². The summed E-state index contributed by atoms with van der Waals surface area (Å²) in [4.78, 5) is 26.1. The average Bonchev–Trinajstić information content (AvgIpc) is 3.19. The topological polar surface area (TPSA) is 58.2 Å². The maximum atomic E-state index is 12.9. The first-order valence-electron chi connectivity index (χ1n) is 9.32. The van der Waals surface area contributed by atoms with Crippen LogP contribution in [0.15, 0.2) is 47.8 Å². The fourth-order valence-corrected chi connectivity index (χ4v) is 4.14. The Morgan fingerprint density at radius 1 is 1.12 bits per heavy atom. The molecule has 0 radical (unpaired) electrons. The van der Waals surface area contributed by atoms with E-state index in [-0.39, 0.29) is 17.9 Å². The molecule has 26 heavy (non-hydrogen) atoms. The average molecular weight is 371 g/mol. The summed E-state index contributed by atoms with van der Waals surface area (Å²) in [5.41, 5.74) is 1.04. The standard InChI is InChI=1S/C21H26N2O2S/c1-15-8-5-6-11-17(15)22-20(24)18(14-16-9-3-2-4-10-16)23-21(25)19-12-7-13-26-19/h2-4,7,9-10,12-13,15,17-18H,5-6,8,11,14H2,1H3,(H,22,24)(H,23,25). The van der Waals surface area contributed by atoms with Crippen LogP contribution in [0.4, 0.5) is 0 Å². The third kappa shape index (κ3) is 4.94. The van der Waals surface area contributed by atoms with Crippen LogP contribution in [-0.4, -0.2) is 23.9 Å². The minimum Gasteiger partial charge on any atom is -0.351 e. The zero-order valence-electron chi connectivity index (χ0n) is 15.1. The molecule has 3 atom stereocenters. The zero-order valence-corrected chi connectivity index (χ0v) is 15.9. The van der Waals surface area contributed by atoms with E-state index in [4.69, 9.17) is 0 Å². The Morgan fingerprint density at radius 2 is 1.88 bits per heavy atom. The van der Waals surface area contributed by atoms with Crippen molar-refractivity contribution in [3.8, 4) is 0 Å². The molecule has 1 aromatic heterocycles. The molecule has 5 heteroatoms.